The van der Waals surface area contributed by atoms with Crippen molar-refractivity contribution in [2.75, 3.05) is 33.0 Å². The molecule has 74 heavy (non-hydrogen) atoms. The first-order valence-corrected chi connectivity index (χ1v) is 29.7. The first kappa shape index (κ1) is 68.1. The lowest BCUT2D eigenvalue weighted by Crippen LogP contribution is -2.61. The van der Waals surface area contributed by atoms with Gasteiger partial charge in [-0.2, -0.15) is 0 Å². The number of esters is 1. The van der Waals surface area contributed by atoms with Crippen LogP contribution in [-0.2, 0) is 33.2 Å². The van der Waals surface area contributed by atoms with Crippen LogP contribution in [0.15, 0.2) is 48.6 Å². The van der Waals surface area contributed by atoms with Crippen molar-refractivity contribution >= 4 is 5.97 Å². The maximum atomic E-state index is 13.1. The molecule has 7 N–H and O–H groups in total. The van der Waals surface area contributed by atoms with E-state index >= 15 is 0 Å². The lowest BCUT2D eigenvalue weighted by Gasteiger charge is -2.42. The highest BCUT2D eigenvalue weighted by Gasteiger charge is 2.47. The van der Waals surface area contributed by atoms with E-state index in [1.807, 2.05) is 0 Å². The van der Waals surface area contributed by atoms with Gasteiger partial charge in [-0.25, -0.2) is 0 Å². The van der Waals surface area contributed by atoms with Gasteiger partial charge in [0, 0.05) is 13.0 Å². The molecule has 2 aliphatic rings. The van der Waals surface area contributed by atoms with Crippen LogP contribution < -0.4 is 0 Å². The lowest BCUT2D eigenvalue weighted by molar-refractivity contribution is -0.332. The molecular formula is C60H108O14. The van der Waals surface area contributed by atoms with Crippen molar-refractivity contribution in [3.8, 4) is 0 Å². The fraction of sp³-hybridized carbons (Fsp3) is 0.850. The molecule has 14 heteroatoms. The number of carbonyl (C=O) groups excluding carboxylic acids is 1. The molecule has 0 bridgehead atoms. The Morgan fingerprint density at radius 1 is 0.459 bits per heavy atom. The molecule has 2 saturated heterocycles. The number of carbonyl (C=O) groups is 1. The minimum Gasteiger partial charge on any atom is -0.457 e. The van der Waals surface area contributed by atoms with E-state index in [9.17, 15) is 40.5 Å². The van der Waals surface area contributed by atoms with Crippen LogP contribution in [0.2, 0.25) is 0 Å². The third-order valence-electron chi connectivity index (χ3n) is 14.1. The summed E-state index contributed by atoms with van der Waals surface area (Å²) in [5, 5.41) is 72.4. The Morgan fingerprint density at radius 3 is 1.38 bits per heavy atom. The molecule has 2 rings (SSSR count). The number of hydrogen-bond acceptors (Lipinski definition) is 14. The standard InChI is InChI=1S/C60H108O14/c1-3-5-7-9-11-13-15-17-19-21-22-23-24-25-26-27-28-30-32-34-36-38-40-42-44-69-46-49(72-52(62)43-41-39-37-35-33-31-29-20-18-16-14-12-10-8-6-4-2)47-70-59-58(68)56(66)54(64)51(74-59)48-71-60-57(67)55(65)53(63)50(45-61)73-60/h5,7,11,13,17,19,22-23,49-51,53-61,63-68H,3-4,6,8-10,12,14-16,18,20-21,24-48H2,1-2H3/b7-5-,13-11-,19-17-,23-22-. The summed E-state index contributed by atoms with van der Waals surface area (Å²) in [4.78, 5) is 13.1. The molecule has 0 aromatic rings. The largest absolute Gasteiger partial charge is 0.457 e. The number of rotatable bonds is 48. The van der Waals surface area contributed by atoms with E-state index in [-0.39, 0.29) is 25.6 Å². The van der Waals surface area contributed by atoms with E-state index in [1.54, 1.807) is 0 Å². The topological polar surface area (TPSA) is 214 Å². The van der Waals surface area contributed by atoms with Gasteiger partial charge in [0.15, 0.2) is 12.6 Å². The van der Waals surface area contributed by atoms with Gasteiger partial charge in [-0.15, -0.1) is 0 Å². The van der Waals surface area contributed by atoms with Crippen LogP contribution in [-0.4, -0.2) is 142 Å². The smallest absolute Gasteiger partial charge is 0.306 e. The molecule has 2 aliphatic heterocycles. The maximum absolute atomic E-state index is 13.1. The van der Waals surface area contributed by atoms with Gasteiger partial charge >= 0.3 is 5.97 Å². The molecule has 0 aromatic heterocycles. The zero-order valence-electron chi connectivity index (χ0n) is 46.3. The number of ether oxygens (including phenoxy) is 6. The Kier molecular flexibility index (Phi) is 43.2. The zero-order valence-corrected chi connectivity index (χ0v) is 46.3. The maximum Gasteiger partial charge on any atom is 0.306 e. The fourth-order valence-corrected chi connectivity index (χ4v) is 9.34. The molecule has 0 aliphatic carbocycles. The predicted octanol–water partition coefficient (Wildman–Crippen LogP) is 10.7. The highest BCUT2D eigenvalue weighted by molar-refractivity contribution is 5.69. The molecule has 14 nitrogen and oxygen atoms in total. The van der Waals surface area contributed by atoms with Crippen molar-refractivity contribution in [2.24, 2.45) is 0 Å². The van der Waals surface area contributed by atoms with E-state index in [1.165, 1.54) is 128 Å². The molecule has 11 unspecified atom stereocenters. The minimum atomic E-state index is -1.71. The number of allylic oxidation sites excluding steroid dienone is 8. The first-order valence-electron chi connectivity index (χ1n) is 29.7. The second-order valence-corrected chi connectivity index (χ2v) is 20.8. The van der Waals surface area contributed by atoms with Crippen LogP contribution >= 0.6 is 0 Å². The molecule has 2 heterocycles. The van der Waals surface area contributed by atoms with Crippen molar-refractivity contribution in [1.82, 2.24) is 0 Å². The van der Waals surface area contributed by atoms with Gasteiger partial charge in [-0.3, -0.25) is 4.79 Å². The van der Waals surface area contributed by atoms with E-state index < -0.39 is 80.7 Å². The van der Waals surface area contributed by atoms with Gasteiger partial charge in [-0.05, 0) is 51.4 Å². The third-order valence-corrected chi connectivity index (χ3v) is 14.1. The summed E-state index contributed by atoms with van der Waals surface area (Å²) in [6, 6.07) is 0. The third kappa shape index (κ3) is 33.3. The molecule has 11 atom stereocenters. The van der Waals surface area contributed by atoms with Gasteiger partial charge in [0.05, 0.1) is 26.4 Å². The monoisotopic (exact) mass is 1050 g/mol. The van der Waals surface area contributed by atoms with Gasteiger partial charge in [0.2, 0.25) is 0 Å². The average Bonchev–Trinajstić information content (AvgIpc) is 3.40. The van der Waals surface area contributed by atoms with E-state index in [0.29, 0.717) is 13.0 Å². The average molecular weight is 1050 g/mol. The summed E-state index contributed by atoms with van der Waals surface area (Å²) < 4.78 is 34.4. The number of hydrogen-bond donors (Lipinski definition) is 7. The molecule has 0 aromatic carbocycles. The SMILES string of the molecule is CC/C=C\C/C=C\C/C=C\C/C=C\CCCCCCCCCCCCCOCC(COC1OC(COC2OC(CO)C(O)C(O)C2O)C(O)C(O)C1O)OC(=O)CCCCCCCCCCCCCCCCCC. The molecule has 0 saturated carbocycles. The lowest BCUT2D eigenvalue weighted by atomic mass is 9.98. The zero-order chi connectivity index (χ0) is 53.7. The van der Waals surface area contributed by atoms with Crippen LogP contribution in [0, 0.1) is 0 Å². The Bertz CT molecular complexity index is 1410. The molecule has 2 fully saturated rings. The second kappa shape index (κ2) is 47.0. The van der Waals surface area contributed by atoms with Gasteiger partial charge in [-0.1, -0.05) is 217 Å². The van der Waals surface area contributed by atoms with Crippen molar-refractivity contribution < 1.29 is 69.0 Å². The predicted molar refractivity (Wildman–Crippen MR) is 293 cm³/mol. The summed E-state index contributed by atoms with van der Waals surface area (Å²) in [5.41, 5.74) is 0. The molecule has 0 radical (unpaired) electrons. The van der Waals surface area contributed by atoms with Crippen molar-refractivity contribution in [2.45, 2.75) is 293 Å². The first-order chi connectivity index (χ1) is 36.1. The molecular weight excluding hydrogens is 945 g/mol. The molecule has 432 valence electrons. The summed E-state index contributed by atoms with van der Waals surface area (Å²) in [7, 11) is 0. The molecule has 0 amide bonds. The number of aliphatic hydroxyl groups excluding tert-OH is 7. The molecule has 0 spiro atoms. The Labute approximate surface area is 448 Å². The summed E-state index contributed by atoms with van der Waals surface area (Å²) in [6.07, 6.45) is 40.3. The van der Waals surface area contributed by atoms with Gasteiger partial charge in [0.1, 0.15) is 54.9 Å². The Hall–Kier alpha value is -2.05. The van der Waals surface area contributed by atoms with Crippen LogP contribution in [0.4, 0.5) is 0 Å². The highest BCUT2D eigenvalue weighted by Crippen LogP contribution is 2.27. The van der Waals surface area contributed by atoms with E-state index in [2.05, 4.69) is 62.5 Å². The van der Waals surface area contributed by atoms with Crippen molar-refractivity contribution in [3.05, 3.63) is 48.6 Å². The van der Waals surface area contributed by atoms with Crippen LogP contribution in [0.25, 0.3) is 0 Å². The number of unbranched alkanes of at least 4 members (excludes halogenated alkanes) is 26. The number of aliphatic hydroxyl groups is 7. The fourth-order valence-electron chi connectivity index (χ4n) is 9.34. The van der Waals surface area contributed by atoms with E-state index in [0.717, 1.165) is 70.6 Å². The van der Waals surface area contributed by atoms with Crippen LogP contribution in [0.5, 0.6) is 0 Å². The summed E-state index contributed by atoms with van der Waals surface area (Å²) in [6.45, 7) is 3.60. The Morgan fingerprint density at radius 2 is 0.878 bits per heavy atom. The summed E-state index contributed by atoms with van der Waals surface area (Å²) >= 11 is 0. The quantitative estimate of drug-likeness (QED) is 0.0172. The van der Waals surface area contributed by atoms with Gasteiger partial charge < -0.3 is 64.2 Å². The van der Waals surface area contributed by atoms with E-state index in [4.69, 9.17) is 28.4 Å². The highest BCUT2D eigenvalue weighted by atomic mass is 16.7. The van der Waals surface area contributed by atoms with Crippen LogP contribution in [0.3, 0.4) is 0 Å². The Balaban J connectivity index is 1.69. The minimum absolute atomic E-state index is 0.0613. The van der Waals surface area contributed by atoms with Crippen molar-refractivity contribution in [1.29, 1.82) is 0 Å². The van der Waals surface area contributed by atoms with Crippen molar-refractivity contribution in [3.63, 3.8) is 0 Å². The second-order valence-electron chi connectivity index (χ2n) is 20.8. The van der Waals surface area contributed by atoms with Gasteiger partial charge in [0.25, 0.3) is 0 Å². The summed E-state index contributed by atoms with van der Waals surface area (Å²) in [5.74, 6) is -0.374. The normalized spacial score (nSPS) is 25.1. The van der Waals surface area contributed by atoms with Crippen LogP contribution in [0.1, 0.15) is 226 Å².